The third-order valence-electron chi connectivity index (χ3n) is 6.54. The van der Waals surface area contributed by atoms with Gasteiger partial charge >= 0.3 is 6.36 Å². The Morgan fingerprint density at radius 1 is 0.756 bits per heavy atom. The van der Waals surface area contributed by atoms with Crippen LogP contribution in [0.2, 0.25) is 0 Å². The molecule has 0 saturated carbocycles. The predicted octanol–water partition coefficient (Wildman–Crippen LogP) is 10.3. The predicted molar refractivity (Wildman–Crippen MR) is 155 cm³/mol. The van der Waals surface area contributed by atoms with Crippen LogP contribution in [0.25, 0.3) is 31.7 Å². The number of unbranched alkanes of at least 4 members (excludes halogenated alkanes) is 1. The molecule has 8 heteroatoms. The molecule has 1 aromatic heterocycles. The lowest BCUT2D eigenvalue weighted by Crippen LogP contribution is -2.18. The van der Waals surface area contributed by atoms with Gasteiger partial charge in [0.25, 0.3) is 0 Å². The minimum absolute atomic E-state index is 0.0602. The van der Waals surface area contributed by atoms with Crippen LogP contribution in [-0.2, 0) is 6.61 Å². The van der Waals surface area contributed by atoms with Gasteiger partial charge in [0, 0.05) is 9.58 Å². The molecular weight excluding hydrogens is 552 g/mol. The molecular formula is C33H28F4O3S. The van der Waals surface area contributed by atoms with Gasteiger partial charge in [0.05, 0.1) is 6.61 Å². The van der Waals surface area contributed by atoms with E-state index in [1.807, 2.05) is 42.5 Å². The van der Waals surface area contributed by atoms with Gasteiger partial charge in [-0.25, -0.2) is 4.39 Å². The molecule has 5 rings (SSSR count). The summed E-state index contributed by atoms with van der Waals surface area (Å²) in [6.07, 6.45) is -2.82. The first-order valence-corrected chi connectivity index (χ1v) is 14.0. The van der Waals surface area contributed by atoms with Gasteiger partial charge in [-0.1, -0.05) is 37.6 Å². The van der Waals surface area contributed by atoms with Crippen molar-refractivity contribution in [1.29, 1.82) is 0 Å². The van der Waals surface area contributed by atoms with Gasteiger partial charge in [-0.3, -0.25) is 0 Å². The Labute approximate surface area is 239 Å². The van der Waals surface area contributed by atoms with Crippen molar-refractivity contribution in [3.05, 3.63) is 102 Å². The molecule has 41 heavy (non-hydrogen) atoms. The van der Waals surface area contributed by atoms with Crippen LogP contribution in [0.4, 0.5) is 17.6 Å². The number of halogens is 4. The van der Waals surface area contributed by atoms with Gasteiger partial charge < -0.3 is 14.2 Å². The van der Waals surface area contributed by atoms with Crippen molar-refractivity contribution in [2.75, 3.05) is 6.61 Å². The normalized spacial score (nSPS) is 11.6. The molecule has 0 aliphatic rings. The van der Waals surface area contributed by atoms with E-state index in [1.165, 1.54) is 23.1 Å². The zero-order chi connectivity index (χ0) is 29.0. The maximum atomic E-state index is 14.3. The summed E-state index contributed by atoms with van der Waals surface area (Å²) in [4.78, 5) is 1.16. The lowest BCUT2D eigenvalue weighted by Gasteiger charge is -2.14. The minimum atomic E-state index is -4.96. The van der Waals surface area contributed by atoms with Crippen molar-refractivity contribution >= 4 is 21.4 Å². The van der Waals surface area contributed by atoms with Gasteiger partial charge in [0.1, 0.15) is 18.1 Å². The van der Waals surface area contributed by atoms with Crippen molar-refractivity contribution in [1.82, 2.24) is 0 Å². The quantitative estimate of drug-likeness (QED) is 0.122. The number of alkyl halides is 3. The highest BCUT2D eigenvalue weighted by Crippen LogP contribution is 2.36. The summed E-state index contributed by atoms with van der Waals surface area (Å²) in [5.74, 6) is -0.258. The molecule has 3 nitrogen and oxygen atoms in total. The number of ether oxygens (including phenoxy) is 3. The van der Waals surface area contributed by atoms with Gasteiger partial charge in [0.15, 0.2) is 11.6 Å². The zero-order valence-corrected chi connectivity index (χ0v) is 23.4. The second-order valence-electron chi connectivity index (χ2n) is 9.67. The van der Waals surface area contributed by atoms with Gasteiger partial charge in [-0.2, -0.15) is 0 Å². The molecule has 0 atom stereocenters. The summed E-state index contributed by atoms with van der Waals surface area (Å²) in [7, 11) is 0. The average Bonchev–Trinajstić information content (AvgIpc) is 3.38. The Kier molecular flexibility index (Phi) is 8.49. The van der Waals surface area contributed by atoms with Crippen LogP contribution in [0.3, 0.4) is 0 Å². The first-order chi connectivity index (χ1) is 19.7. The molecule has 0 saturated heterocycles. The summed E-state index contributed by atoms with van der Waals surface area (Å²) >= 11 is 1.72. The van der Waals surface area contributed by atoms with Crippen LogP contribution in [-0.4, -0.2) is 13.0 Å². The smallest absolute Gasteiger partial charge is 0.494 e. The standard InChI is InChI=1S/C33H28F4O3S/c1-3-4-15-38-28-14-11-25-18-30(41-31(25)19-28)24-9-12-27(13-10-24)39-20-22-5-7-23(8-6-22)26-16-21(2)32(29(34)17-26)40-33(35,36)37/h5-14,16-19H,3-4,15,20H2,1-2H3. The van der Waals surface area contributed by atoms with Crippen LogP contribution in [0.1, 0.15) is 30.9 Å². The molecule has 1 heterocycles. The van der Waals surface area contributed by atoms with E-state index in [-0.39, 0.29) is 5.56 Å². The molecule has 0 radical (unpaired) electrons. The molecule has 0 spiro atoms. The Morgan fingerprint density at radius 2 is 1.46 bits per heavy atom. The number of rotatable bonds is 10. The maximum absolute atomic E-state index is 14.3. The van der Waals surface area contributed by atoms with E-state index in [1.54, 1.807) is 23.5 Å². The molecule has 0 fully saturated rings. The SMILES string of the molecule is CCCCOc1ccc2cc(-c3ccc(OCc4ccc(-c5cc(C)c(OC(F)(F)F)c(F)c5)cc4)cc3)sc2c1. The van der Waals surface area contributed by atoms with Crippen molar-refractivity contribution in [2.45, 2.75) is 39.7 Å². The zero-order valence-electron chi connectivity index (χ0n) is 22.6. The van der Waals surface area contributed by atoms with Gasteiger partial charge in [-0.05, 0) is 107 Å². The molecule has 212 valence electrons. The average molecular weight is 581 g/mol. The number of benzene rings is 4. The summed E-state index contributed by atoms with van der Waals surface area (Å²) in [6, 6.07) is 26.1. The largest absolute Gasteiger partial charge is 0.573 e. The Bertz CT molecular complexity index is 1600. The fourth-order valence-corrected chi connectivity index (χ4v) is 5.49. The number of hydrogen-bond acceptors (Lipinski definition) is 4. The Morgan fingerprint density at radius 3 is 2.15 bits per heavy atom. The van der Waals surface area contributed by atoms with Gasteiger partial charge in [-0.15, -0.1) is 24.5 Å². The van der Waals surface area contributed by atoms with Gasteiger partial charge in [0.2, 0.25) is 0 Å². The number of hydrogen-bond donors (Lipinski definition) is 0. The second kappa shape index (κ2) is 12.2. The van der Waals surface area contributed by atoms with E-state index in [0.29, 0.717) is 17.7 Å². The van der Waals surface area contributed by atoms with Crippen molar-refractivity contribution in [2.24, 2.45) is 0 Å². The number of fused-ring (bicyclic) bond motifs is 1. The minimum Gasteiger partial charge on any atom is -0.494 e. The van der Waals surface area contributed by atoms with E-state index in [9.17, 15) is 17.6 Å². The summed E-state index contributed by atoms with van der Waals surface area (Å²) in [5.41, 5.74) is 3.18. The highest BCUT2D eigenvalue weighted by atomic mass is 32.1. The Hall–Kier alpha value is -4.04. The highest BCUT2D eigenvalue weighted by Gasteiger charge is 2.33. The molecule has 0 aliphatic carbocycles. The molecule has 4 aromatic carbocycles. The van der Waals surface area contributed by atoms with Crippen LogP contribution in [0, 0.1) is 12.7 Å². The molecule has 0 amide bonds. The highest BCUT2D eigenvalue weighted by molar-refractivity contribution is 7.22. The third kappa shape index (κ3) is 7.19. The maximum Gasteiger partial charge on any atom is 0.573 e. The van der Waals surface area contributed by atoms with E-state index in [0.717, 1.165) is 53.0 Å². The van der Waals surface area contributed by atoms with E-state index >= 15 is 0 Å². The van der Waals surface area contributed by atoms with Crippen LogP contribution < -0.4 is 14.2 Å². The van der Waals surface area contributed by atoms with Crippen molar-refractivity contribution in [3.8, 4) is 38.8 Å². The van der Waals surface area contributed by atoms with Crippen LogP contribution in [0.15, 0.2) is 84.9 Å². The van der Waals surface area contributed by atoms with E-state index in [4.69, 9.17) is 9.47 Å². The van der Waals surface area contributed by atoms with Crippen LogP contribution >= 0.6 is 11.3 Å². The van der Waals surface area contributed by atoms with Crippen molar-refractivity contribution < 1.29 is 31.8 Å². The first-order valence-electron chi connectivity index (χ1n) is 13.2. The Balaban J connectivity index is 1.21. The summed E-state index contributed by atoms with van der Waals surface area (Å²) in [6.45, 7) is 4.58. The summed E-state index contributed by atoms with van der Waals surface area (Å²) < 4.78 is 68.8. The topological polar surface area (TPSA) is 27.7 Å². The van der Waals surface area contributed by atoms with Crippen LogP contribution in [0.5, 0.6) is 17.2 Å². The second-order valence-corrected chi connectivity index (χ2v) is 10.8. The van der Waals surface area contributed by atoms with E-state index in [2.05, 4.69) is 29.9 Å². The molecule has 0 bridgehead atoms. The lowest BCUT2D eigenvalue weighted by atomic mass is 10.0. The number of thiophene rings is 1. The molecule has 5 aromatic rings. The fraction of sp³-hybridized carbons (Fsp3) is 0.212. The lowest BCUT2D eigenvalue weighted by molar-refractivity contribution is -0.275. The van der Waals surface area contributed by atoms with E-state index < -0.39 is 17.9 Å². The third-order valence-corrected chi connectivity index (χ3v) is 7.68. The fourth-order valence-electron chi connectivity index (χ4n) is 4.40. The molecule has 0 aliphatic heterocycles. The molecule has 0 N–H and O–H groups in total. The summed E-state index contributed by atoms with van der Waals surface area (Å²) in [5, 5.41) is 1.18. The van der Waals surface area contributed by atoms with Crippen molar-refractivity contribution in [3.63, 3.8) is 0 Å². The molecule has 0 unspecified atom stereocenters. The first kappa shape index (κ1) is 28.5. The number of aryl methyl sites for hydroxylation is 1. The monoisotopic (exact) mass is 580 g/mol.